The molecule has 0 aromatic rings. The predicted molar refractivity (Wildman–Crippen MR) is 39.5 cm³/mol. The minimum absolute atomic E-state index is 0.312. The van der Waals surface area contributed by atoms with E-state index >= 15 is 0 Å². The van der Waals surface area contributed by atoms with Gasteiger partial charge < -0.3 is 10.5 Å². The fourth-order valence-electron chi connectivity index (χ4n) is 0.449. The summed E-state index contributed by atoms with van der Waals surface area (Å²) in [6, 6.07) is -0.489. The lowest BCUT2D eigenvalue weighted by Gasteiger charge is -2.04. The van der Waals surface area contributed by atoms with Crippen LogP contribution >= 0.6 is 0 Å². The molecule has 0 aliphatic carbocycles. The summed E-state index contributed by atoms with van der Waals surface area (Å²) >= 11 is 0. The van der Waals surface area contributed by atoms with E-state index in [1.54, 1.807) is 6.92 Å². The zero-order valence-corrected chi connectivity index (χ0v) is 6.59. The van der Waals surface area contributed by atoms with Gasteiger partial charge in [-0.05, 0) is 13.3 Å². The molecule has 0 bridgehead atoms. The highest BCUT2D eigenvalue weighted by Crippen LogP contribution is 1.90. The van der Waals surface area contributed by atoms with Crippen LogP contribution in [0.25, 0.3) is 0 Å². The van der Waals surface area contributed by atoms with Crippen molar-refractivity contribution in [3.05, 3.63) is 0 Å². The number of nitrogens with two attached hydrogens (primary N) is 1. The summed E-state index contributed by atoms with van der Waals surface area (Å²) < 4.78 is 4.78. The number of ether oxygens (including phenoxy) is 1. The van der Waals surface area contributed by atoms with Crippen LogP contribution in [0.4, 0.5) is 0 Å². The van der Waals surface area contributed by atoms with E-state index < -0.39 is 6.04 Å². The van der Waals surface area contributed by atoms with Crippen molar-refractivity contribution in [1.82, 2.24) is 0 Å². The van der Waals surface area contributed by atoms with Gasteiger partial charge in [0.05, 0.1) is 6.61 Å². The minimum Gasteiger partial charge on any atom is -0.465 e. The van der Waals surface area contributed by atoms with Gasteiger partial charge in [-0.2, -0.15) is 0 Å². The molecule has 0 aliphatic rings. The topological polar surface area (TPSA) is 52.3 Å². The Morgan fingerprint density at radius 3 is 2.70 bits per heavy atom. The highest BCUT2D eigenvalue weighted by molar-refractivity contribution is 5.74. The molecule has 1 unspecified atom stereocenters. The van der Waals surface area contributed by atoms with Crippen molar-refractivity contribution in [2.24, 2.45) is 5.73 Å². The molecule has 2 N–H and O–H groups in total. The fourth-order valence-corrected chi connectivity index (χ4v) is 0.449. The van der Waals surface area contributed by atoms with E-state index in [0.29, 0.717) is 6.61 Å². The van der Waals surface area contributed by atoms with Crippen LogP contribution in [0.15, 0.2) is 0 Å². The summed E-state index contributed by atoms with van der Waals surface area (Å²) in [7, 11) is 0. The zero-order valence-electron chi connectivity index (χ0n) is 6.59. The second-order valence-electron chi connectivity index (χ2n) is 2.31. The number of rotatable bonds is 4. The van der Waals surface area contributed by atoms with Crippen LogP contribution in [0.5, 0.6) is 0 Å². The first-order chi connectivity index (χ1) is 4.68. The Morgan fingerprint density at radius 1 is 1.70 bits per heavy atom. The van der Waals surface area contributed by atoms with E-state index in [-0.39, 0.29) is 5.97 Å². The second-order valence-corrected chi connectivity index (χ2v) is 2.31. The zero-order chi connectivity index (χ0) is 7.98. The Balaban J connectivity index is 3.22. The molecule has 0 aliphatic heterocycles. The number of hydrogen-bond acceptors (Lipinski definition) is 3. The van der Waals surface area contributed by atoms with E-state index in [0.717, 1.165) is 12.8 Å². The van der Waals surface area contributed by atoms with Crippen molar-refractivity contribution in [2.75, 3.05) is 6.61 Å². The molecule has 0 saturated heterocycles. The van der Waals surface area contributed by atoms with Gasteiger partial charge in [-0.1, -0.05) is 13.3 Å². The van der Waals surface area contributed by atoms with Gasteiger partial charge in [0.2, 0.25) is 0 Å². The number of carbonyl (C=O) groups is 1. The molecule has 0 spiro atoms. The minimum atomic E-state index is -0.489. The summed E-state index contributed by atoms with van der Waals surface area (Å²) in [5.41, 5.74) is 5.24. The Labute approximate surface area is 61.5 Å². The summed E-state index contributed by atoms with van der Waals surface area (Å²) in [5.74, 6) is -0.312. The average Bonchev–Trinajstić information content (AvgIpc) is 1.88. The molecule has 3 nitrogen and oxygen atoms in total. The van der Waals surface area contributed by atoms with Crippen LogP contribution in [0, 0.1) is 0 Å². The van der Waals surface area contributed by atoms with Crippen molar-refractivity contribution in [3.8, 4) is 0 Å². The van der Waals surface area contributed by atoms with E-state index in [9.17, 15) is 4.79 Å². The smallest absolute Gasteiger partial charge is 0.322 e. The van der Waals surface area contributed by atoms with Gasteiger partial charge in [0.25, 0.3) is 0 Å². The summed E-state index contributed by atoms with van der Waals surface area (Å²) in [4.78, 5) is 10.7. The monoisotopic (exact) mass is 145 g/mol. The Kier molecular flexibility index (Phi) is 4.94. The summed E-state index contributed by atoms with van der Waals surface area (Å²) in [5, 5.41) is 0. The quantitative estimate of drug-likeness (QED) is 0.467. The van der Waals surface area contributed by atoms with E-state index in [1.165, 1.54) is 0 Å². The summed E-state index contributed by atoms with van der Waals surface area (Å²) in [6.45, 7) is 4.16. The highest BCUT2D eigenvalue weighted by Gasteiger charge is 2.06. The third-order valence-corrected chi connectivity index (χ3v) is 1.11. The van der Waals surface area contributed by atoms with Gasteiger partial charge in [-0.15, -0.1) is 0 Å². The van der Waals surface area contributed by atoms with Crippen molar-refractivity contribution >= 4 is 5.97 Å². The van der Waals surface area contributed by atoms with Crippen molar-refractivity contribution in [3.63, 3.8) is 0 Å². The molecule has 3 heteroatoms. The van der Waals surface area contributed by atoms with Crippen LogP contribution in [0.1, 0.15) is 26.7 Å². The number of esters is 1. The molecule has 0 saturated carbocycles. The molecule has 10 heavy (non-hydrogen) atoms. The van der Waals surface area contributed by atoms with Gasteiger partial charge in [0, 0.05) is 0 Å². The maximum absolute atomic E-state index is 10.7. The average molecular weight is 145 g/mol. The Bertz CT molecular complexity index is 102. The van der Waals surface area contributed by atoms with Crippen LogP contribution in [-0.2, 0) is 9.53 Å². The van der Waals surface area contributed by atoms with Gasteiger partial charge in [-0.25, -0.2) is 0 Å². The van der Waals surface area contributed by atoms with Crippen molar-refractivity contribution in [1.29, 1.82) is 0 Å². The number of carbonyl (C=O) groups excluding carboxylic acids is 1. The van der Waals surface area contributed by atoms with E-state index in [4.69, 9.17) is 10.5 Å². The maximum atomic E-state index is 10.7. The number of unbranched alkanes of at least 4 members (excludes halogenated alkanes) is 1. The second kappa shape index (κ2) is 5.23. The number of hydrogen-bond donors (Lipinski definition) is 1. The molecule has 1 atom stereocenters. The molecule has 0 heterocycles. The molecule has 0 rings (SSSR count). The molecule has 0 aromatic carbocycles. The third kappa shape index (κ3) is 4.32. The van der Waals surface area contributed by atoms with Gasteiger partial charge in [0.15, 0.2) is 0 Å². The first-order valence-electron chi connectivity index (χ1n) is 3.60. The molecule has 0 aromatic heterocycles. The van der Waals surface area contributed by atoms with Gasteiger partial charge in [0.1, 0.15) is 6.04 Å². The predicted octanol–water partition coefficient (Wildman–Crippen LogP) is 0.677. The van der Waals surface area contributed by atoms with Crippen LogP contribution in [0.3, 0.4) is 0 Å². The molecule has 0 radical (unpaired) electrons. The lowest BCUT2D eigenvalue weighted by Crippen LogP contribution is -2.28. The maximum Gasteiger partial charge on any atom is 0.322 e. The van der Waals surface area contributed by atoms with Gasteiger partial charge in [-0.3, -0.25) is 4.79 Å². The lowest BCUT2D eigenvalue weighted by molar-refractivity contribution is -0.144. The first-order valence-corrected chi connectivity index (χ1v) is 3.60. The highest BCUT2D eigenvalue weighted by atomic mass is 16.5. The van der Waals surface area contributed by atoms with E-state index in [1.807, 2.05) is 6.92 Å². The van der Waals surface area contributed by atoms with Crippen molar-refractivity contribution in [2.45, 2.75) is 32.7 Å². The van der Waals surface area contributed by atoms with Crippen LogP contribution in [0.2, 0.25) is 0 Å². The Hall–Kier alpha value is -0.570. The molecular formula is C7H15NO2. The van der Waals surface area contributed by atoms with Gasteiger partial charge >= 0.3 is 5.97 Å². The normalized spacial score (nSPS) is 12.7. The van der Waals surface area contributed by atoms with Crippen LogP contribution < -0.4 is 5.73 Å². The lowest BCUT2D eigenvalue weighted by atomic mass is 10.3. The third-order valence-electron chi connectivity index (χ3n) is 1.11. The van der Waals surface area contributed by atoms with E-state index in [2.05, 4.69) is 0 Å². The molecular weight excluding hydrogens is 130 g/mol. The van der Waals surface area contributed by atoms with Crippen LogP contribution in [-0.4, -0.2) is 18.6 Å². The molecule has 0 amide bonds. The Morgan fingerprint density at radius 2 is 2.30 bits per heavy atom. The van der Waals surface area contributed by atoms with Crippen molar-refractivity contribution < 1.29 is 9.53 Å². The fraction of sp³-hybridized carbons (Fsp3) is 0.857. The summed E-state index contributed by atoms with van der Waals surface area (Å²) in [6.07, 6.45) is 1.95. The SMILES string of the molecule is CCCCOC(=O)C(C)N. The first kappa shape index (κ1) is 9.43. The molecule has 60 valence electrons. The largest absolute Gasteiger partial charge is 0.465 e. The molecule has 0 fully saturated rings. The standard InChI is InChI=1S/C7H15NO2/c1-3-4-5-10-7(9)6(2)8/h6H,3-5,8H2,1-2H3.